The van der Waals surface area contributed by atoms with Crippen molar-refractivity contribution in [1.82, 2.24) is 10.2 Å². The van der Waals surface area contributed by atoms with E-state index in [1.54, 1.807) is 12.1 Å². The number of carboxylic acids is 1. The highest BCUT2D eigenvalue weighted by atomic mass is 16.4. The molecule has 2 N–H and O–H groups in total. The van der Waals surface area contributed by atoms with Gasteiger partial charge in [-0.25, -0.2) is 4.79 Å². The lowest BCUT2D eigenvalue weighted by molar-refractivity contribution is 0.0697. The first-order valence-corrected chi connectivity index (χ1v) is 5.94. The van der Waals surface area contributed by atoms with Gasteiger partial charge in [0.15, 0.2) is 0 Å². The zero-order chi connectivity index (χ0) is 12.3. The van der Waals surface area contributed by atoms with Crippen molar-refractivity contribution in [2.45, 2.75) is 19.5 Å². The Bertz CT molecular complexity index is 389. The third kappa shape index (κ3) is 3.05. The van der Waals surface area contributed by atoms with E-state index >= 15 is 0 Å². The van der Waals surface area contributed by atoms with E-state index in [1.165, 1.54) is 5.56 Å². The van der Waals surface area contributed by atoms with E-state index in [0.717, 1.165) is 26.2 Å². The minimum atomic E-state index is -0.868. The Hall–Kier alpha value is -1.39. The third-order valence-electron chi connectivity index (χ3n) is 3.23. The number of hydrogen-bond donors (Lipinski definition) is 2. The Morgan fingerprint density at radius 3 is 2.76 bits per heavy atom. The van der Waals surface area contributed by atoms with E-state index in [4.69, 9.17) is 5.11 Å². The van der Waals surface area contributed by atoms with E-state index < -0.39 is 5.97 Å². The van der Waals surface area contributed by atoms with Crippen molar-refractivity contribution >= 4 is 5.97 Å². The zero-order valence-corrected chi connectivity index (χ0v) is 10.0. The molecule has 1 unspecified atom stereocenters. The first kappa shape index (κ1) is 12.1. The molecule has 1 aromatic rings. The summed E-state index contributed by atoms with van der Waals surface area (Å²) >= 11 is 0. The van der Waals surface area contributed by atoms with Crippen LogP contribution in [-0.4, -0.2) is 41.7 Å². The number of nitrogens with one attached hydrogen (secondary N) is 1. The lowest BCUT2D eigenvalue weighted by atomic mass is 10.1. The van der Waals surface area contributed by atoms with Crippen LogP contribution in [0.2, 0.25) is 0 Å². The second kappa shape index (κ2) is 5.29. The van der Waals surface area contributed by atoms with Crippen molar-refractivity contribution in [2.24, 2.45) is 0 Å². The van der Waals surface area contributed by atoms with Gasteiger partial charge >= 0.3 is 5.97 Å². The van der Waals surface area contributed by atoms with Crippen molar-refractivity contribution in [3.8, 4) is 0 Å². The zero-order valence-electron chi connectivity index (χ0n) is 10.0. The number of piperazine rings is 1. The second-order valence-electron chi connectivity index (χ2n) is 4.53. The van der Waals surface area contributed by atoms with E-state index in [0.29, 0.717) is 11.6 Å². The Labute approximate surface area is 101 Å². The molecule has 0 amide bonds. The fourth-order valence-corrected chi connectivity index (χ4v) is 2.11. The number of benzene rings is 1. The molecule has 2 rings (SSSR count). The number of rotatable bonds is 3. The number of carboxylic acid groups (broad SMARTS) is 1. The van der Waals surface area contributed by atoms with Gasteiger partial charge in [-0.05, 0) is 24.6 Å². The molecule has 4 nitrogen and oxygen atoms in total. The van der Waals surface area contributed by atoms with Gasteiger partial charge in [-0.15, -0.1) is 0 Å². The maximum absolute atomic E-state index is 10.7. The van der Waals surface area contributed by atoms with Gasteiger partial charge in [0, 0.05) is 32.2 Å². The van der Waals surface area contributed by atoms with Gasteiger partial charge in [0.2, 0.25) is 0 Å². The van der Waals surface area contributed by atoms with Gasteiger partial charge in [-0.2, -0.15) is 0 Å². The molecule has 0 bridgehead atoms. The topological polar surface area (TPSA) is 52.6 Å². The van der Waals surface area contributed by atoms with Gasteiger partial charge in [-0.1, -0.05) is 12.1 Å². The molecule has 92 valence electrons. The number of hydrogen-bond acceptors (Lipinski definition) is 3. The van der Waals surface area contributed by atoms with E-state index in [1.807, 2.05) is 12.1 Å². The highest BCUT2D eigenvalue weighted by Crippen LogP contribution is 2.11. The molecular weight excluding hydrogens is 216 g/mol. The summed E-state index contributed by atoms with van der Waals surface area (Å²) in [6.07, 6.45) is 0. The van der Waals surface area contributed by atoms with E-state index in [2.05, 4.69) is 17.1 Å². The largest absolute Gasteiger partial charge is 0.478 e. The van der Waals surface area contributed by atoms with Gasteiger partial charge < -0.3 is 10.4 Å². The molecule has 1 aliphatic heterocycles. The molecule has 0 aromatic heterocycles. The van der Waals surface area contributed by atoms with Crippen LogP contribution >= 0.6 is 0 Å². The smallest absolute Gasteiger partial charge is 0.335 e. The summed E-state index contributed by atoms with van der Waals surface area (Å²) in [5.74, 6) is -0.868. The molecule has 4 heteroatoms. The molecule has 0 saturated carbocycles. The highest BCUT2D eigenvalue weighted by Gasteiger charge is 2.17. The van der Waals surface area contributed by atoms with Gasteiger partial charge in [0.05, 0.1) is 5.56 Å². The van der Waals surface area contributed by atoms with Gasteiger partial charge in [0.1, 0.15) is 0 Å². The molecule has 1 atom stereocenters. The van der Waals surface area contributed by atoms with E-state index in [9.17, 15) is 4.79 Å². The highest BCUT2D eigenvalue weighted by molar-refractivity contribution is 5.87. The number of aromatic carboxylic acids is 1. The molecule has 0 radical (unpaired) electrons. The third-order valence-corrected chi connectivity index (χ3v) is 3.23. The van der Waals surface area contributed by atoms with Crippen molar-refractivity contribution < 1.29 is 9.90 Å². The Morgan fingerprint density at radius 2 is 2.18 bits per heavy atom. The normalized spacial score (nSPS) is 21.4. The minimum absolute atomic E-state index is 0.349. The Morgan fingerprint density at radius 1 is 1.47 bits per heavy atom. The predicted octanol–water partition coefficient (Wildman–Crippen LogP) is 1.18. The van der Waals surface area contributed by atoms with Crippen LogP contribution in [0.15, 0.2) is 24.3 Å². The summed E-state index contributed by atoms with van der Waals surface area (Å²) in [6.45, 7) is 6.19. The van der Waals surface area contributed by atoms with Crippen LogP contribution in [0.1, 0.15) is 22.8 Å². The Kier molecular flexibility index (Phi) is 3.76. The van der Waals surface area contributed by atoms with Crippen LogP contribution in [0.3, 0.4) is 0 Å². The molecular formula is C13H18N2O2. The molecule has 0 spiro atoms. The maximum Gasteiger partial charge on any atom is 0.335 e. The molecule has 17 heavy (non-hydrogen) atoms. The molecule has 1 heterocycles. The lowest BCUT2D eigenvalue weighted by Gasteiger charge is -2.33. The second-order valence-corrected chi connectivity index (χ2v) is 4.53. The molecule has 0 aliphatic carbocycles. The van der Waals surface area contributed by atoms with E-state index in [-0.39, 0.29) is 0 Å². The summed E-state index contributed by atoms with van der Waals surface area (Å²) in [5.41, 5.74) is 1.52. The summed E-state index contributed by atoms with van der Waals surface area (Å²) < 4.78 is 0. The van der Waals surface area contributed by atoms with Crippen LogP contribution in [0, 0.1) is 0 Å². The fourth-order valence-electron chi connectivity index (χ4n) is 2.11. The molecule has 1 fully saturated rings. The average Bonchev–Trinajstić information content (AvgIpc) is 2.33. The number of carbonyl (C=O) groups is 1. The van der Waals surface area contributed by atoms with Crippen molar-refractivity contribution in [3.05, 3.63) is 35.4 Å². The lowest BCUT2D eigenvalue weighted by Crippen LogP contribution is -2.49. The number of nitrogens with zero attached hydrogens (tertiary/aromatic N) is 1. The van der Waals surface area contributed by atoms with Crippen molar-refractivity contribution in [3.63, 3.8) is 0 Å². The monoisotopic (exact) mass is 234 g/mol. The summed E-state index contributed by atoms with van der Waals surface area (Å²) in [5, 5.41) is 12.2. The van der Waals surface area contributed by atoms with Gasteiger partial charge in [-0.3, -0.25) is 4.90 Å². The SMILES string of the molecule is CC1CNCCN1Cc1ccc(C(=O)O)cc1. The summed E-state index contributed by atoms with van der Waals surface area (Å²) in [4.78, 5) is 13.1. The quantitative estimate of drug-likeness (QED) is 0.824. The standard InChI is InChI=1S/C13H18N2O2/c1-10-8-14-6-7-15(10)9-11-2-4-12(5-3-11)13(16)17/h2-5,10,14H,6-9H2,1H3,(H,16,17). The average molecular weight is 234 g/mol. The van der Waals surface area contributed by atoms with Gasteiger partial charge in [0.25, 0.3) is 0 Å². The first-order valence-electron chi connectivity index (χ1n) is 5.94. The van der Waals surface area contributed by atoms with Crippen molar-refractivity contribution in [1.29, 1.82) is 0 Å². The van der Waals surface area contributed by atoms with Crippen LogP contribution < -0.4 is 5.32 Å². The maximum atomic E-state index is 10.7. The summed E-state index contributed by atoms with van der Waals surface area (Å²) in [6, 6.07) is 7.67. The van der Waals surface area contributed by atoms with Crippen LogP contribution in [0.5, 0.6) is 0 Å². The van der Waals surface area contributed by atoms with Crippen molar-refractivity contribution in [2.75, 3.05) is 19.6 Å². The minimum Gasteiger partial charge on any atom is -0.478 e. The molecule has 1 saturated heterocycles. The molecule has 1 aromatic carbocycles. The van der Waals surface area contributed by atoms with Crippen LogP contribution in [0.25, 0.3) is 0 Å². The van der Waals surface area contributed by atoms with Crippen LogP contribution in [0.4, 0.5) is 0 Å². The van der Waals surface area contributed by atoms with Crippen LogP contribution in [-0.2, 0) is 6.54 Å². The molecule has 1 aliphatic rings. The summed E-state index contributed by atoms with van der Waals surface area (Å²) in [7, 11) is 0. The first-order chi connectivity index (χ1) is 8.16. The fraction of sp³-hybridized carbons (Fsp3) is 0.462. The Balaban J connectivity index is 2.00. The predicted molar refractivity (Wildman–Crippen MR) is 66.1 cm³/mol.